The summed E-state index contributed by atoms with van der Waals surface area (Å²) in [6.07, 6.45) is 8.35. The van der Waals surface area contributed by atoms with Gasteiger partial charge in [0.15, 0.2) is 5.69 Å². The molecule has 0 aliphatic heterocycles. The minimum absolute atomic E-state index is 0.0305. The van der Waals surface area contributed by atoms with Crippen molar-refractivity contribution in [1.82, 2.24) is 9.97 Å². The zero-order valence-corrected chi connectivity index (χ0v) is 8.94. The zero-order valence-electron chi connectivity index (χ0n) is 8.94. The summed E-state index contributed by atoms with van der Waals surface area (Å²) in [6.45, 7) is 2.16. The highest BCUT2D eigenvalue weighted by molar-refractivity contribution is 5.84. The molecule has 15 heavy (non-hydrogen) atoms. The van der Waals surface area contributed by atoms with E-state index in [1.807, 2.05) is 0 Å². The number of aromatic nitrogens is 2. The van der Waals surface area contributed by atoms with E-state index in [1.165, 1.54) is 19.0 Å². The summed E-state index contributed by atoms with van der Waals surface area (Å²) < 4.78 is 0. The molecule has 4 heteroatoms. The van der Waals surface area contributed by atoms with Crippen LogP contribution in [0, 0.1) is 0 Å². The van der Waals surface area contributed by atoms with Gasteiger partial charge in [-0.1, -0.05) is 26.2 Å². The molecule has 0 spiro atoms. The van der Waals surface area contributed by atoms with Gasteiger partial charge in [0, 0.05) is 6.20 Å². The Labute approximate surface area is 89.4 Å². The molecule has 1 rings (SSSR count). The zero-order chi connectivity index (χ0) is 11.1. The van der Waals surface area contributed by atoms with Gasteiger partial charge >= 0.3 is 5.97 Å². The van der Waals surface area contributed by atoms with E-state index in [4.69, 9.17) is 5.11 Å². The predicted octanol–water partition coefficient (Wildman–Crippen LogP) is 2.30. The highest BCUT2D eigenvalue weighted by Gasteiger charge is 2.05. The molecule has 1 heterocycles. The Morgan fingerprint density at radius 1 is 1.33 bits per heavy atom. The van der Waals surface area contributed by atoms with E-state index in [-0.39, 0.29) is 5.69 Å². The molecule has 0 aliphatic carbocycles. The number of rotatable bonds is 6. The number of unbranched alkanes of at least 4 members (excludes halogenated alkanes) is 3. The second-order valence-electron chi connectivity index (χ2n) is 3.51. The van der Waals surface area contributed by atoms with Crippen LogP contribution in [0.25, 0.3) is 0 Å². The SMILES string of the molecule is CCCCCCc1cncc(C(=O)O)n1. The smallest absolute Gasteiger partial charge is 0.356 e. The Morgan fingerprint density at radius 3 is 2.80 bits per heavy atom. The fourth-order valence-electron chi connectivity index (χ4n) is 1.36. The Balaban J connectivity index is 2.47. The van der Waals surface area contributed by atoms with Gasteiger partial charge in [-0.25, -0.2) is 9.78 Å². The van der Waals surface area contributed by atoms with E-state index in [1.54, 1.807) is 6.20 Å². The summed E-state index contributed by atoms with van der Waals surface area (Å²) in [6, 6.07) is 0. The van der Waals surface area contributed by atoms with Gasteiger partial charge in [0.2, 0.25) is 0 Å². The molecule has 0 radical (unpaired) electrons. The van der Waals surface area contributed by atoms with Crippen LogP contribution in [-0.4, -0.2) is 21.0 Å². The Morgan fingerprint density at radius 2 is 2.13 bits per heavy atom. The quantitative estimate of drug-likeness (QED) is 0.728. The first-order chi connectivity index (χ1) is 7.24. The van der Waals surface area contributed by atoms with Crippen molar-refractivity contribution in [2.24, 2.45) is 0 Å². The predicted molar refractivity (Wildman–Crippen MR) is 56.8 cm³/mol. The first kappa shape index (κ1) is 11.6. The number of aromatic carboxylic acids is 1. The molecule has 0 amide bonds. The minimum atomic E-state index is -1.02. The van der Waals surface area contributed by atoms with E-state index in [0.29, 0.717) is 0 Å². The second-order valence-corrected chi connectivity index (χ2v) is 3.51. The molecule has 4 nitrogen and oxygen atoms in total. The lowest BCUT2D eigenvalue weighted by Crippen LogP contribution is -2.04. The molecule has 0 unspecified atom stereocenters. The summed E-state index contributed by atoms with van der Waals surface area (Å²) >= 11 is 0. The van der Waals surface area contributed by atoms with Crippen molar-refractivity contribution < 1.29 is 9.90 Å². The lowest BCUT2D eigenvalue weighted by atomic mass is 10.1. The average Bonchev–Trinajstić information content (AvgIpc) is 2.25. The Kier molecular flexibility index (Phi) is 4.74. The molecule has 1 aromatic heterocycles. The van der Waals surface area contributed by atoms with E-state index in [9.17, 15) is 4.79 Å². The molecule has 0 saturated carbocycles. The molecule has 1 aromatic rings. The van der Waals surface area contributed by atoms with Crippen LogP contribution in [0.3, 0.4) is 0 Å². The summed E-state index contributed by atoms with van der Waals surface area (Å²) in [5.41, 5.74) is 0.800. The van der Waals surface area contributed by atoms with Gasteiger partial charge < -0.3 is 5.11 Å². The van der Waals surface area contributed by atoms with Crippen molar-refractivity contribution in [2.75, 3.05) is 0 Å². The minimum Gasteiger partial charge on any atom is -0.476 e. The Bertz CT molecular complexity index is 326. The number of hydrogen-bond acceptors (Lipinski definition) is 3. The molecular formula is C11H16N2O2. The maximum Gasteiger partial charge on any atom is 0.356 e. The maximum absolute atomic E-state index is 10.6. The number of hydrogen-bond donors (Lipinski definition) is 1. The number of carboxylic acids is 1. The lowest BCUT2D eigenvalue weighted by Gasteiger charge is -2.00. The summed E-state index contributed by atoms with van der Waals surface area (Å²) in [5, 5.41) is 8.72. The third kappa shape index (κ3) is 4.06. The average molecular weight is 208 g/mol. The van der Waals surface area contributed by atoms with Gasteiger partial charge in [0.25, 0.3) is 0 Å². The standard InChI is InChI=1S/C11H16N2O2/c1-2-3-4-5-6-9-7-12-8-10(13-9)11(14)15/h7-8H,2-6H2,1H3,(H,14,15). The van der Waals surface area contributed by atoms with Crippen molar-refractivity contribution in [3.8, 4) is 0 Å². The Hall–Kier alpha value is -1.45. The molecule has 0 aliphatic rings. The van der Waals surface area contributed by atoms with Gasteiger partial charge in [-0.2, -0.15) is 0 Å². The second kappa shape index (κ2) is 6.11. The topological polar surface area (TPSA) is 63.1 Å². The van der Waals surface area contributed by atoms with E-state index < -0.39 is 5.97 Å². The van der Waals surface area contributed by atoms with Crippen molar-refractivity contribution >= 4 is 5.97 Å². The number of carbonyl (C=O) groups is 1. The van der Waals surface area contributed by atoms with Gasteiger partial charge in [-0.05, 0) is 12.8 Å². The monoisotopic (exact) mass is 208 g/mol. The lowest BCUT2D eigenvalue weighted by molar-refractivity contribution is 0.0689. The van der Waals surface area contributed by atoms with E-state index in [0.717, 1.165) is 25.0 Å². The highest BCUT2D eigenvalue weighted by atomic mass is 16.4. The largest absolute Gasteiger partial charge is 0.476 e. The molecule has 0 atom stereocenters. The molecule has 1 N–H and O–H groups in total. The van der Waals surface area contributed by atoms with Crippen molar-refractivity contribution in [2.45, 2.75) is 39.0 Å². The van der Waals surface area contributed by atoms with Gasteiger partial charge in [0.05, 0.1) is 11.9 Å². The van der Waals surface area contributed by atoms with Crippen LogP contribution >= 0.6 is 0 Å². The molecule has 0 saturated heterocycles. The van der Waals surface area contributed by atoms with Crippen LogP contribution in [0.4, 0.5) is 0 Å². The van der Waals surface area contributed by atoms with Crippen LogP contribution in [0.5, 0.6) is 0 Å². The van der Waals surface area contributed by atoms with Crippen molar-refractivity contribution in [3.05, 3.63) is 23.8 Å². The first-order valence-electron chi connectivity index (χ1n) is 5.28. The summed E-state index contributed by atoms with van der Waals surface area (Å²) in [5.74, 6) is -1.02. The van der Waals surface area contributed by atoms with Crippen LogP contribution in [0.2, 0.25) is 0 Å². The van der Waals surface area contributed by atoms with Gasteiger partial charge in [0.1, 0.15) is 0 Å². The highest BCUT2D eigenvalue weighted by Crippen LogP contribution is 2.05. The summed E-state index contributed by atoms with van der Waals surface area (Å²) in [4.78, 5) is 18.5. The fourth-order valence-corrected chi connectivity index (χ4v) is 1.36. The van der Waals surface area contributed by atoms with Crippen LogP contribution in [0.1, 0.15) is 48.8 Å². The first-order valence-corrected chi connectivity index (χ1v) is 5.28. The maximum atomic E-state index is 10.6. The number of aryl methyl sites for hydroxylation is 1. The molecule has 0 bridgehead atoms. The number of nitrogens with zero attached hydrogens (tertiary/aromatic N) is 2. The molecular weight excluding hydrogens is 192 g/mol. The van der Waals surface area contributed by atoms with Gasteiger partial charge in [-0.15, -0.1) is 0 Å². The van der Waals surface area contributed by atoms with Gasteiger partial charge in [-0.3, -0.25) is 4.98 Å². The van der Waals surface area contributed by atoms with Crippen molar-refractivity contribution in [3.63, 3.8) is 0 Å². The fraction of sp³-hybridized carbons (Fsp3) is 0.545. The van der Waals surface area contributed by atoms with Crippen molar-refractivity contribution in [1.29, 1.82) is 0 Å². The van der Waals surface area contributed by atoms with E-state index in [2.05, 4.69) is 16.9 Å². The molecule has 0 aromatic carbocycles. The third-order valence-corrected chi connectivity index (χ3v) is 2.19. The van der Waals surface area contributed by atoms with E-state index >= 15 is 0 Å². The van der Waals surface area contributed by atoms with Crippen LogP contribution in [0.15, 0.2) is 12.4 Å². The molecule has 82 valence electrons. The van der Waals surface area contributed by atoms with Crippen LogP contribution in [-0.2, 0) is 6.42 Å². The normalized spacial score (nSPS) is 10.2. The molecule has 0 fully saturated rings. The summed E-state index contributed by atoms with van der Waals surface area (Å²) in [7, 11) is 0. The van der Waals surface area contributed by atoms with Crippen LogP contribution < -0.4 is 0 Å². The third-order valence-electron chi connectivity index (χ3n) is 2.19. The number of carboxylic acid groups (broad SMARTS) is 1.